The number of para-hydroxylation sites is 1. The third-order valence-corrected chi connectivity index (χ3v) is 7.51. The van der Waals surface area contributed by atoms with Gasteiger partial charge < -0.3 is 19.8 Å². The maximum Gasteiger partial charge on any atom is 0.237 e. The average molecular weight is 531 g/mol. The van der Waals surface area contributed by atoms with Crippen molar-refractivity contribution in [1.82, 2.24) is 19.3 Å². The molecule has 0 radical (unpaired) electrons. The molecule has 0 amide bonds. The van der Waals surface area contributed by atoms with Crippen molar-refractivity contribution >= 4 is 38.0 Å². The minimum Gasteiger partial charge on any atom is -0.493 e. The molecule has 3 aromatic carbocycles. The summed E-state index contributed by atoms with van der Waals surface area (Å²) in [4.78, 5) is 7.81. The van der Waals surface area contributed by atoms with E-state index in [1.807, 2.05) is 42.5 Å². The molecule has 38 heavy (non-hydrogen) atoms. The standard InChI is InChI=1S/C29H30N4O4S/c1-36-27-13-11-21(18-28(27)37-2)29-23(22-8-4-5-9-24(22)32-29)14-16-30-15-6-7-20-10-12-26-25(17-20)31-19-33(26)38(3,34)35/h4-13,17-19,30,32H,14-16H2,1-3H3. The molecule has 0 aliphatic rings. The summed E-state index contributed by atoms with van der Waals surface area (Å²) in [5.41, 5.74) is 6.65. The Morgan fingerprint density at radius 2 is 1.84 bits per heavy atom. The highest BCUT2D eigenvalue weighted by molar-refractivity contribution is 7.89. The molecule has 5 rings (SSSR count). The van der Waals surface area contributed by atoms with Gasteiger partial charge in [-0.15, -0.1) is 0 Å². The van der Waals surface area contributed by atoms with E-state index < -0.39 is 10.0 Å². The van der Waals surface area contributed by atoms with Crippen LogP contribution in [0.2, 0.25) is 0 Å². The Bertz CT molecular complexity index is 1730. The maximum absolute atomic E-state index is 11.9. The van der Waals surface area contributed by atoms with Crippen LogP contribution >= 0.6 is 0 Å². The number of hydrogen-bond donors (Lipinski definition) is 2. The molecule has 0 fully saturated rings. The van der Waals surface area contributed by atoms with Crippen molar-refractivity contribution in [2.75, 3.05) is 33.6 Å². The molecule has 0 saturated heterocycles. The summed E-state index contributed by atoms with van der Waals surface area (Å²) in [7, 11) is -0.0944. The molecule has 2 N–H and O–H groups in total. The number of hydrogen-bond acceptors (Lipinski definition) is 6. The number of methoxy groups -OCH3 is 2. The van der Waals surface area contributed by atoms with Gasteiger partial charge in [0, 0.05) is 28.7 Å². The highest BCUT2D eigenvalue weighted by atomic mass is 32.2. The first-order valence-corrected chi connectivity index (χ1v) is 14.1. The summed E-state index contributed by atoms with van der Waals surface area (Å²) in [5.74, 6) is 1.39. The summed E-state index contributed by atoms with van der Waals surface area (Å²) in [6, 6.07) is 19.9. The number of aromatic amines is 1. The highest BCUT2D eigenvalue weighted by Gasteiger charge is 2.15. The minimum atomic E-state index is -3.37. The van der Waals surface area contributed by atoms with Crippen molar-refractivity contribution in [3.8, 4) is 22.8 Å². The van der Waals surface area contributed by atoms with Crippen LogP contribution in [0.3, 0.4) is 0 Å². The van der Waals surface area contributed by atoms with Crippen molar-refractivity contribution in [2.24, 2.45) is 0 Å². The largest absolute Gasteiger partial charge is 0.493 e. The van der Waals surface area contributed by atoms with E-state index in [0.29, 0.717) is 29.1 Å². The van der Waals surface area contributed by atoms with E-state index in [9.17, 15) is 8.42 Å². The number of H-pyrrole nitrogens is 1. The Labute approximate surface area is 222 Å². The molecular weight excluding hydrogens is 500 g/mol. The van der Waals surface area contributed by atoms with Crippen molar-refractivity contribution < 1.29 is 17.9 Å². The summed E-state index contributed by atoms with van der Waals surface area (Å²) < 4.78 is 35.9. The zero-order valence-corrected chi connectivity index (χ0v) is 22.4. The van der Waals surface area contributed by atoms with Gasteiger partial charge in [-0.3, -0.25) is 0 Å². The molecule has 2 heterocycles. The van der Waals surface area contributed by atoms with Gasteiger partial charge in [0.05, 0.1) is 31.5 Å². The van der Waals surface area contributed by atoms with Gasteiger partial charge in [0.2, 0.25) is 10.0 Å². The van der Waals surface area contributed by atoms with Gasteiger partial charge in [-0.1, -0.05) is 36.4 Å². The van der Waals surface area contributed by atoms with Crippen LogP contribution in [0.25, 0.3) is 39.3 Å². The summed E-state index contributed by atoms with van der Waals surface area (Å²) in [6.07, 6.45) is 7.42. The van der Waals surface area contributed by atoms with Crippen LogP contribution in [0.1, 0.15) is 11.1 Å². The van der Waals surface area contributed by atoms with Gasteiger partial charge >= 0.3 is 0 Å². The zero-order valence-electron chi connectivity index (χ0n) is 21.6. The first-order chi connectivity index (χ1) is 18.4. The van der Waals surface area contributed by atoms with Gasteiger partial charge in [-0.25, -0.2) is 17.4 Å². The molecule has 0 aliphatic carbocycles. The van der Waals surface area contributed by atoms with E-state index in [1.54, 1.807) is 20.3 Å². The van der Waals surface area contributed by atoms with Gasteiger partial charge in [-0.05, 0) is 60.5 Å². The van der Waals surface area contributed by atoms with E-state index in [-0.39, 0.29) is 0 Å². The number of rotatable bonds is 10. The van der Waals surface area contributed by atoms with E-state index in [1.165, 1.54) is 27.5 Å². The van der Waals surface area contributed by atoms with Crippen LogP contribution in [0.5, 0.6) is 11.5 Å². The Hall–Kier alpha value is -4.08. The zero-order chi connectivity index (χ0) is 26.7. The van der Waals surface area contributed by atoms with Crippen LogP contribution < -0.4 is 14.8 Å². The SMILES string of the molecule is COc1ccc(-c2[nH]c3ccccc3c2CCNCC=Cc2ccc3c(c2)ncn3S(C)(=O)=O)cc1OC. The Morgan fingerprint density at radius 3 is 2.63 bits per heavy atom. The van der Waals surface area contributed by atoms with Crippen molar-refractivity contribution in [1.29, 1.82) is 0 Å². The third kappa shape index (κ3) is 5.16. The van der Waals surface area contributed by atoms with Gasteiger partial charge in [0.25, 0.3) is 0 Å². The van der Waals surface area contributed by atoms with E-state index in [0.717, 1.165) is 35.3 Å². The molecule has 0 saturated carbocycles. The molecule has 2 aromatic heterocycles. The molecule has 0 unspecified atom stereocenters. The molecule has 9 heteroatoms. The van der Waals surface area contributed by atoms with Crippen molar-refractivity contribution in [3.05, 3.63) is 84.2 Å². The predicted octanol–water partition coefficient (Wildman–Crippen LogP) is 4.86. The fraction of sp³-hybridized carbons (Fsp3) is 0.207. The lowest BCUT2D eigenvalue weighted by Crippen LogP contribution is -2.17. The first kappa shape index (κ1) is 25.6. The van der Waals surface area contributed by atoms with Crippen LogP contribution in [0.15, 0.2) is 73.1 Å². The summed E-state index contributed by atoms with van der Waals surface area (Å²) in [5, 5.41) is 4.70. The average Bonchev–Trinajstić information content (AvgIpc) is 3.51. The van der Waals surface area contributed by atoms with Crippen LogP contribution in [-0.4, -0.2) is 55.9 Å². The fourth-order valence-corrected chi connectivity index (χ4v) is 5.40. The highest BCUT2D eigenvalue weighted by Crippen LogP contribution is 2.36. The fourth-order valence-electron chi connectivity index (χ4n) is 4.67. The molecule has 0 spiro atoms. The lowest BCUT2D eigenvalue weighted by molar-refractivity contribution is 0.355. The van der Waals surface area contributed by atoms with Gasteiger partial charge in [0.15, 0.2) is 11.5 Å². The predicted molar refractivity (Wildman–Crippen MR) is 152 cm³/mol. The van der Waals surface area contributed by atoms with Crippen LogP contribution in [-0.2, 0) is 16.4 Å². The number of fused-ring (bicyclic) bond motifs is 2. The van der Waals surface area contributed by atoms with Crippen LogP contribution in [0, 0.1) is 0 Å². The number of aromatic nitrogens is 3. The Kier molecular flexibility index (Phi) is 7.22. The summed E-state index contributed by atoms with van der Waals surface area (Å²) in [6.45, 7) is 1.49. The van der Waals surface area contributed by atoms with E-state index in [4.69, 9.17) is 9.47 Å². The second-order valence-electron chi connectivity index (χ2n) is 9.00. The molecule has 0 atom stereocenters. The molecule has 0 bridgehead atoms. The quantitative estimate of drug-likeness (QED) is 0.251. The smallest absolute Gasteiger partial charge is 0.237 e. The molecular formula is C29H30N4O4S. The first-order valence-electron chi connectivity index (χ1n) is 12.3. The molecule has 0 aliphatic heterocycles. The molecule has 196 valence electrons. The number of benzene rings is 3. The monoisotopic (exact) mass is 530 g/mol. The van der Waals surface area contributed by atoms with E-state index >= 15 is 0 Å². The third-order valence-electron chi connectivity index (χ3n) is 6.51. The molecule has 5 aromatic rings. The Morgan fingerprint density at radius 1 is 1.03 bits per heavy atom. The van der Waals surface area contributed by atoms with Crippen molar-refractivity contribution in [2.45, 2.75) is 6.42 Å². The topological polar surface area (TPSA) is 98.2 Å². The lowest BCUT2D eigenvalue weighted by Gasteiger charge is -2.11. The summed E-state index contributed by atoms with van der Waals surface area (Å²) >= 11 is 0. The van der Waals surface area contributed by atoms with Crippen molar-refractivity contribution in [3.63, 3.8) is 0 Å². The number of nitrogens with one attached hydrogen (secondary N) is 2. The molecule has 8 nitrogen and oxygen atoms in total. The number of ether oxygens (including phenoxy) is 2. The van der Waals surface area contributed by atoms with Crippen LogP contribution in [0.4, 0.5) is 0 Å². The van der Waals surface area contributed by atoms with E-state index in [2.05, 4.69) is 39.6 Å². The van der Waals surface area contributed by atoms with Gasteiger partial charge in [0.1, 0.15) is 6.33 Å². The number of imidazole rings is 1. The minimum absolute atomic E-state index is 0.576. The maximum atomic E-state index is 11.9. The normalized spacial score (nSPS) is 12.1. The number of nitrogens with zero attached hydrogens (tertiary/aromatic N) is 2. The second-order valence-corrected chi connectivity index (χ2v) is 10.9. The Balaban J connectivity index is 1.27. The van der Waals surface area contributed by atoms with Gasteiger partial charge in [-0.2, -0.15) is 0 Å². The lowest BCUT2D eigenvalue weighted by atomic mass is 10.0. The second kappa shape index (κ2) is 10.7.